The Morgan fingerprint density at radius 1 is 1.07 bits per heavy atom. The quantitative estimate of drug-likeness (QED) is 0.672. The maximum absolute atomic E-state index is 12.0. The van der Waals surface area contributed by atoms with Gasteiger partial charge in [-0.15, -0.1) is 0 Å². The van der Waals surface area contributed by atoms with Crippen molar-refractivity contribution in [3.8, 4) is 5.75 Å². The fraction of sp³-hybridized carbons (Fsp3) is 0.450. The molecule has 28 heavy (non-hydrogen) atoms. The summed E-state index contributed by atoms with van der Waals surface area (Å²) in [5.41, 5.74) is 2.10. The first-order chi connectivity index (χ1) is 13.5. The first-order valence-electron chi connectivity index (χ1n) is 9.52. The van der Waals surface area contributed by atoms with Gasteiger partial charge in [-0.2, -0.15) is 5.10 Å². The predicted octanol–water partition coefficient (Wildman–Crippen LogP) is 3.08. The van der Waals surface area contributed by atoms with Crippen molar-refractivity contribution in [1.82, 2.24) is 14.8 Å². The predicted molar refractivity (Wildman–Crippen MR) is 114 cm³/mol. The summed E-state index contributed by atoms with van der Waals surface area (Å²) in [6.07, 6.45) is 0. The van der Waals surface area contributed by atoms with Gasteiger partial charge in [0, 0.05) is 32.2 Å². The molecule has 1 aliphatic heterocycles. The second-order valence-electron chi connectivity index (χ2n) is 7.30. The first-order valence-corrected chi connectivity index (χ1v) is 10.3. The molecule has 1 fully saturated rings. The highest BCUT2D eigenvalue weighted by Crippen LogP contribution is 2.36. The Morgan fingerprint density at radius 2 is 1.79 bits per heavy atom. The van der Waals surface area contributed by atoms with E-state index in [-0.39, 0.29) is 11.6 Å². The summed E-state index contributed by atoms with van der Waals surface area (Å²) in [5, 5.41) is 5.57. The summed E-state index contributed by atoms with van der Waals surface area (Å²) in [6.45, 7) is 9.47. The molecule has 0 radical (unpaired) electrons. The third kappa shape index (κ3) is 3.32. The van der Waals surface area contributed by atoms with Crippen LogP contribution in [0.3, 0.4) is 0 Å². The van der Waals surface area contributed by atoms with E-state index in [0.717, 1.165) is 48.4 Å². The summed E-state index contributed by atoms with van der Waals surface area (Å²) in [5.74, 6) is 1.68. The van der Waals surface area contributed by atoms with Gasteiger partial charge in [0.1, 0.15) is 17.1 Å². The fourth-order valence-electron chi connectivity index (χ4n) is 3.48. The maximum Gasteiger partial charge on any atom is 0.267 e. The minimum Gasteiger partial charge on any atom is -0.494 e. The largest absolute Gasteiger partial charge is 0.494 e. The van der Waals surface area contributed by atoms with Crippen LogP contribution in [0.15, 0.2) is 29.1 Å². The van der Waals surface area contributed by atoms with Gasteiger partial charge >= 0.3 is 0 Å². The van der Waals surface area contributed by atoms with E-state index in [2.05, 4.69) is 27.9 Å². The maximum atomic E-state index is 12.0. The number of ether oxygens (including phenoxy) is 1. The topological polar surface area (TPSA) is 63.5 Å². The highest BCUT2D eigenvalue weighted by atomic mass is 32.1. The lowest BCUT2D eigenvalue weighted by molar-refractivity contribution is 0.419. The van der Waals surface area contributed by atoms with Gasteiger partial charge in [-0.25, -0.2) is 9.67 Å². The highest BCUT2D eigenvalue weighted by molar-refractivity contribution is 7.22. The van der Waals surface area contributed by atoms with Gasteiger partial charge in [-0.3, -0.25) is 4.79 Å². The molecular formula is C20H25N5O2S. The number of methoxy groups -OCH3 is 1. The number of anilines is 2. The zero-order valence-electron chi connectivity index (χ0n) is 16.7. The molecular weight excluding hydrogens is 374 g/mol. The van der Waals surface area contributed by atoms with E-state index in [0.29, 0.717) is 0 Å². The molecule has 0 N–H and O–H groups in total. The summed E-state index contributed by atoms with van der Waals surface area (Å²) in [6, 6.07) is 7.54. The number of benzene rings is 1. The lowest BCUT2D eigenvalue weighted by Gasteiger charge is -2.35. The second kappa shape index (κ2) is 7.43. The van der Waals surface area contributed by atoms with E-state index in [1.54, 1.807) is 29.2 Å². The van der Waals surface area contributed by atoms with Crippen LogP contribution in [0.2, 0.25) is 0 Å². The van der Waals surface area contributed by atoms with Gasteiger partial charge < -0.3 is 14.5 Å². The third-order valence-corrected chi connectivity index (χ3v) is 6.34. The van der Waals surface area contributed by atoms with E-state index >= 15 is 0 Å². The summed E-state index contributed by atoms with van der Waals surface area (Å²) in [4.78, 5) is 21.4. The van der Waals surface area contributed by atoms with Crippen molar-refractivity contribution in [2.45, 2.75) is 26.8 Å². The van der Waals surface area contributed by atoms with Crippen LogP contribution in [-0.2, 0) is 0 Å². The highest BCUT2D eigenvalue weighted by Gasteiger charge is 2.22. The molecule has 8 heteroatoms. The molecule has 4 rings (SSSR count). The number of thiazole rings is 1. The Hall–Kier alpha value is -2.61. The molecule has 0 aliphatic carbocycles. The van der Waals surface area contributed by atoms with Crippen molar-refractivity contribution < 1.29 is 4.74 Å². The lowest BCUT2D eigenvalue weighted by atomic mass is 10.2. The molecule has 2 aromatic heterocycles. The van der Waals surface area contributed by atoms with Gasteiger partial charge in [-0.05, 0) is 38.5 Å². The Bertz CT molecular complexity index is 1050. The molecule has 7 nitrogen and oxygen atoms in total. The van der Waals surface area contributed by atoms with E-state index in [4.69, 9.17) is 9.72 Å². The molecule has 3 aromatic rings. The molecule has 3 heterocycles. The number of fused-ring (bicyclic) bond motifs is 1. The van der Waals surface area contributed by atoms with Gasteiger partial charge in [-0.1, -0.05) is 17.4 Å². The van der Waals surface area contributed by atoms with Crippen molar-refractivity contribution in [3.63, 3.8) is 0 Å². The average molecular weight is 400 g/mol. The van der Waals surface area contributed by atoms with Gasteiger partial charge in [0.2, 0.25) is 0 Å². The van der Waals surface area contributed by atoms with Crippen LogP contribution in [-0.4, -0.2) is 48.1 Å². The molecule has 0 saturated carbocycles. The number of hydrogen-bond acceptors (Lipinski definition) is 7. The van der Waals surface area contributed by atoms with Crippen molar-refractivity contribution in [1.29, 1.82) is 0 Å². The van der Waals surface area contributed by atoms with Gasteiger partial charge in [0.05, 0.1) is 17.9 Å². The summed E-state index contributed by atoms with van der Waals surface area (Å²) >= 11 is 1.72. The molecule has 0 amide bonds. The number of aryl methyl sites for hydroxylation is 1. The van der Waals surface area contributed by atoms with Crippen LogP contribution in [0.25, 0.3) is 10.2 Å². The van der Waals surface area contributed by atoms with E-state index in [1.165, 1.54) is 10.3 Å². The van der Waals surface area contributed by atoms with Gasteiger partial charge in [0.15, 0.2) is 5.13 Å². The smallest absolute Gasteiger partial charge is 0.267 e. The zero-order chi connectivity index (χ0) is 19.8. The van der Waals surface area contributed by atoms with Crippen LogP contribution in [0.4, 0.5) is 10.9 Å². The van der Waals surface area contributed by atoms with Crippen molar-refractivity contribution >= 4 is 32.5 Å². The zero-order valence-corrected chi connectivity index (χ0v) is 17.5. The summed E-state index contributed by atoms with van der Waals surface area (Å²) in [7, 11) is 1.69. The Labute approximate surface area is 168 Å². The minimum atomic E-state index is -0.0591. The Morgan fingerprint density at radius 3 is 2.46 bits per heavy atom. The number of rotatable bonds is 4. The molecule has 1 aliphatic rings. The van der Waals surface area contributed by atoms with Crippen molar-refractivity contribution in [3.05, 3.63) is 40.2 Å². The number of aromatic nitrogens is 3. The lowest BCUT2D eigenvalue weighted by Crippen LogP contribution is -2.47. The Balaban J connectivity index is 1.53. The van der Waals surface area contributed by atoms with Gasteiger partial charge in [0.25, 0.3) is 5.56 Å². The standard InChI is InChI=1S/C20H25N5O2S/c1-13(2)25-17(26)8-7-16(22-25)23-9-11-24(12-10-23)20-21-18-15(27-4)6-5-14(3)19(18)28-20/h5-8,13H,9-12H2,1-4H3. The minimum absolute atomic E-state index is 0.0507. The van der Waals surface area contributed by atoms with Crippen molar-refractivity contribution in [2.24, 2.45) is 0 Å². The molecule has 0 unspecified atom stereocenters. The van der Waals surface area contributed by atoms with Crippen molar-refractivity contribution in [2.75, 3.05) is 43.1 Å². The number of piperazine rings is 1. The number of nitrogens with zero attached hydrogens (tertiary/aromatic N) is 5. The van der Waals surface area contributed by atoms with Crippen LogP contribution < -0.4 is 20.1 Å². The normalized spacial score (nSPS) is 14.9. The molecule has 1 aromatic carbocycles. The monoisotopic (exact) mass is 399 g/mol. The van der Waals surface area contributed by atoms with Crippen LogP contribution in [0.1, 0.15) is 25.5 Å². The molecule has 148 valence electrons. The van der Waals surface area contributed by atoms with Crippen LogP contribution in [0.5, 0.6) is 5.75 Å². The molecule has 0 bridgehead atoms. The molecule has 0 atom stereocenters. The Kier molecular flexibility index (Phi) is 4.97. The second-order valence-corrected chi connectivity index (χ2v) is 8.28. The fourth-order valence-corrected chi connectivity index (χ4v) is 4.58. The van der Waals surface area contributed by atoms with E-state index in [9.17, 15) is 4.79 Å². The van der Waals surface area contributed by atoms with Crippen LogP contribution >= 0.6 is 11.3 Å². The first kappa shape index (κ1) is 18.7. The average Bonchev–Trinajstić information content (AvgIpc) is 3.15. The molecule has 1 saturated heterocycles. The SMILES string of the molecule is COc1ccc(C)c2sc(N3CCN(c4ccc(=O)n(C(C)C)n4)CC3)nc12. The van der Waals surface area contributed by atoms with E-state index < -0.39 is 0 Å². The molecule has 0 spiro atoms. The van der Waals surface area contributed by atoms with Crippen LogP contribution in [0, 0.1) is 6.92 Å². The van der Waals surface area contributed by atoms with E-state index in [1.807, 2.05) is 26.0 Å². The number of hydrogen-bond donors (Lipinski definition) is 0. The summed E-state index contributed by atoms with van der Waals surface area (Å²) < 4.78 is 8.21. The third-order valence-electron chi connectivity index (χ3n) is 5.09.